The van der Waals surface area contributed by atoms with E-state index in [9.17, 15) is 4.39 Å². The van der Waals surface area contributed by atoms with Crippen LogP contribution in [-0.4, -0.2) is 17.4 Å². The summed E-state index contributed by atoms with van der Waals surface area (Å²) in [5.41, 5.74) is 7.37. The summed E-state index contributed by atoms with van der Waals surface area (Å²) in [5.74, 6) is -0.309. The second-order valence-corrected chi connectivity index (χ2v) is 4.43. The van der Waals surface area contributed by atoms with E-state index in [-0.39, 0.29) is 11.7 Å². The van der Waals surface area contributed by atoms with Crippen LogP contribution in [0.4, 0.5) is 10.1 Å². The van der Waals surface area contributed by atoms with Crippen LogP contribution in [0.1, 0.15) is 18.2 Å². The van der Waals surface area contributed by atoms with Crippen molar-refractivity contribution in [2.75, 3.05) is 11.4 Å². The third kappa shape index (κ3) is 3.12. The molecule has 0 spiro atoms. The molecule has 20 heavy (non-hydrogen) atoms. The molecular formula is C15H17FN4. The van der Waals surface area contributed by atoms with Crippen LogP contribution in [0, 0.1) is 11.2 Å². The number of nitrogen functional groups attached to an aromatic ring is 1. The molecule has 0 aliphatic carbocycles. The number of hydrogen-bond donors (Lipinski definition) is 2. The fraction of sp³-hybridized carbons (Fsp3) is 0.200. The van der Waals surface area contributed by atoms with Gasteiger partial charge in [-0.15, -0.1) is 0 Å². The van der Waals surface area contributed by atoms with Gasteiger partial charge in [0.05, 0.1) is 5.69 Å². The Hall–Kier alpha value is -2.43. The molecule has 104 valence electrons. The van der Waals surface area contributed by atoms with Crippen LogP contribution in [0.2, 0.25) is 0 Å². The first-order chi connectivity index (χ1) is 9.61. The molecule has 1 heterocycles. The third-order valence-electron chi connectivity index (χ3n) is 3.05. The standard InChI is InChI=1S/C15H17FN4/c1-2-20(14-6-4-3-5-12(14)16)10-11-7-8-19-13(9-11)15(17)18/h3-9H,2,10H2,1H3,(H3,17,18). The van der Waals surface area contributed by atoms with Gasteiger partial charge in [-0.3, -0.25) is 10.4 Å². The van der Waals surface area contributed by atoms with E-state index in [0.717, 1.165) is 5.56 Å². The summed E-state index contributed by atoms with van der Waals surface area (Å²) in [6.45, 7) is 3.19. The zero-order valence-electron chi connectivity index (χ0n) is 11.3. The summed E-state index contributed by atoms with van der Waals surface area (Å²) < 4.78 is 13.8. The van der Waals surface area contributed by atoms with Gasteiger partial charge in [0.15, 0.2) is 0 Å². The maximum Gasteiger partial charge on any atom is 0.146 e. The number of aromatic nitrogens is 1. The van der Waals surface area contributed by atoms with E-state index >= 15 is 0 Å². The molecule has 5 heteroatoms. The monoisotopic (exact) mass is 272 g/mol. The normalized spacial score (nSPS) is 10.3. The van der Waals surface area contributed by atoms with Crippen molar-refractivity contribution in [1.82, 2.24) is 4.98 Å². The highest BCUT2D eigenvalue weighted by Crippen LogP contribution is 2.20. The highest BCUT2D eigenvalue weighted by atomic mass is 19.1. The Morgan fingerprint density at radius 1 is 1.35 bits per heavy atom. The Morgan fingerprint density at radius 2 is 2.10 bits per heavy atom. The molecule has 0 radical (unpaired) electrons. The van der Waals surface area contributed by atoms with Crippen molar-refractivity contribution >= 4 is 11.5 Å². The molecule has 4 nitrogen and oxygen atoms in total. The lowest BCUT2D eigenvalue weighted by Crippen LogP contribution is -2.23. The lowest BCUT2D eigenvalue weighted by Gasteiger charge is -2.23. The van der Waals surface area contributed by atoms with Crippen LogP contribution in [0.5, 0.6) is 0 Å². The van der Waals surface area contributed by atoms with Crippen LogP contribution in [-0.2, 0) is 6.54 Å². The number of anilines is 1. The van der Waals surface area contributed by atoms with Crippen LogP contribution in [0.3, 0.4) is 0 Å². The number of para-hydroxylation sites is 1. The molecule has 2 aromatic rings. The second-order valence-electron chi connectivity index (χ2n) is 4.43. The zero-order valence-corrected chi connectivity index (χ0v) is 11.3. The average Bonchev–Trinajstić information content (AvgIpc) is 2.46. The number of amidine groups is 1. The SMILES string of the molecule is CCN(Cc1ccnc(C(=N)N)c1)c1ccccc1F. The number of nitrogens with two attached hydrogens (primary N) is 1. The molecule has 0 fully saturated rings. The van der Waals surface area contributed by atoms with Crippen LogP contribution in [0.15, 0.2) is 42.6 Å². The van der Waals surface area contributed by atoms with Crippen molar-refractivity contribution in [3.05, 3.63) is 59.7 Å². The van der Waals surface area contributed by atoms with E-state index in [4.69, 9.17) is 11.1 Å². The first-order valence-corrected chi connectivity index (χ1v) is 6.40. The largest absolute Gasteiger partial charge is 0.382 e. The molecule has 2 rings (SSSR count). The zero-order chi connectivity index (χ0) is 14.5. The molecule has 3 N–H and O–H groups in total. The van der Waals surface area contributed by atoms with E-state index in [1.165, 1.54) is 6.07 Å². The number of pyridine rings is 1. The molecule has 0 amide bonds. The van der Waals surface area contributed by atoms with Gasteiger partial charge in [0.25, 0.3) is 0 Å². The van der Waals surface area contributed by atoms with Crippen molar-refractivity contribution in [2.45, 2.75) is 13.5 Å². The first kappa shape index (κ1) is 14.0. The fourth-order valence-corrected chi connectivity index (χ4v) is 2.02. The van der Waals surface area contributed by atoms with Crippen molar-refractivity contribution in [2.24, 2.45) is 5.73 Å². The molecule has 0 aliphatic heterocycles. The van der Waals surface area contributed by atoms with Gasteiger partial charge in [0.2, 0.25) is 0 Å². The minimum atomic E-state index is -0.241. The smallest absolute Gasteiger partial charge is 0.146 e. The maximum absolute atomic E-state index is 13.8. The second kappa shape index (κ2) is 6.14. The van der Waals surface area contributed by atoms with Crippen molar-refractivity contribution in [1.29, 1.82) is 5.41 Å². The summed E-state index contributed by atoms with van der Waals surface area (Å²) in [6, 6.07) is 10.3. The van der Waals surface area contributed by atoms with Gasteiger partial charge in [-0.05, 0) is 36.8 Å². The minimum Gasteiger partial charge on any atom is -0.382 e. The van der Waals surface area contributed by atoms with Gasteiger partial charge in [0, 0.05) is 19.3 Å². The summed E-state index contributed by atoms with van der Waals surface area (Å²) in [5, 5.41) is 7.40. The molecule has 0 atom stereocenters. The number of benzene rings is 1. The van der Waals surface area contributed by atoms with E-state index in [1.807, 2.05) is 24.0 Å². The Bertz CT molecular complexity index is 612. The van der Waals surface area contributed by atoms with Crippen LogP contribution < -0.4 is 10.6 Å². The molecule has 1 aromatic heterocycles. The van der Waals surface area contributed by atoms with Gasteiger partial charge < -0.3 is 10.6 Å². The topological polar surface area (TPSA) is 66.0 Å². The molecule has 0 aliphatic rings. The Balaban J connectivity index is 2.25. The van der Waals surface area contributed by atoms with E-state index in [1.54, 1.807) is 24.4 Å². The molecule has 0 saturated carbocycles. The first-order valence-electron chi connectivity index (χ1n) is 6.40. The number of nitrogens with one attached hydrogen (secondary N) is 1. The average molecular weight is 272 g/mol. The number of nitrogens with zero attached hydrogens (tertiary/aromatic N) is 2. The van der Waals surface area contributed by atoms with E-state index in [0.29, 0.717) is 24.5 Å². The van der Waals surface area contributed by atoms with E-state index < -0.39 is 0 Å². The van der Waals surface area contributed by atoms with Crippen molar-refractivity contribution < 1.29 is 4.39 Å². The van der Waals surface area contributed by atoms with Crippen LogP contribution >= 0.6 is 0 Å². The minimum absolute atomic E-state index is 0.0687. The van der Waals surface area contributed by atoms with Gasteiger partial charge in [-0.2, -0.15) is 0 Å². The molecule has 0 bridgehead atoms. The van der Waals surface area contributed by atoms with Gasteiger partial charge in [0.1, 0.15) is 17.3 Å². The summed E-state index contributed by atoms with van der Waals surface area (Å²) >= 11 is 0. The lowest BCUT2D eigenvalue weighted by atomic mass is 10.2. The molecule has 0 saturated heterocycles. The van der Waals surface area contributed by atoms with E-state index in [2.05, 4.69) is 4.98 Å². The number of hydrogen-bond acceptors (Lipinski definition) is 3. The number of halogens is 1. The number of rotatable bonds is 5. The predicted octanol–water partition coefficient (Wildman–Crippen LogP) is 2.53. The highest BCUT2D eigenvalue weighted by Gasteiger charge is 2.10. The highest BCUT2D eigenvalue weighted by molar-refractivity contribution is 5.93. The fourth-order valence-electron chi connectivity index (χ4n) is 2.02. The Kier molecular flexibility index (Phi) is 4.30. The van der Waals surface area contributed by atoms with Gasteiger partial charge in [-0.1, -0.05) is 12.1 Å². The quantitative estimate of drug-likeness (QED) is 0.649. The molecule has 0 unspecified atom stereocenters. The molecule has 1 aromatic carbocycles. The predicted molar refractivity (Wildman–Crippen MR) is 78.4 cm³/mol. The Labute approximate surface area is 117 Å². The molecular weight excluding hydrogens is 255 g/mol. The van der Waals surface area contributed by atoms with Crippen molar-refractivity contribution in [3.8, 4) is 0 Å². The third-order valence-corrected chi connectivity index (χ3v) is 3.05. The van der Waals surface area contributed by atoms with Crippen LogP contribution in [0.25, 0.3) is 0 Å². The maximum atomic E-state index is 13.8. The summed E-state index contributed by atoms with van der Waals surface area (Å²) in [6.07, 6.45) is 1.61. The summed E-state index contributed by atoms with van der Waals surface area (Å²) in [7, 11) is 0. The van der Waals surface area contributed by atoms with Crippen molar-refractivity contribution in [3.63, 3.8) is 0 Å². The lowest BCUT2D eigenvalue weighted by molar-refractivity contribution is 0.618. The van der Waals surface area contributed by atoms with Gasteiger partial charge in [-0.25, -0.2) is 4.39 Å². The Morgan fingerprint density at radius 3 is 2.75 bits per heavy atom. The summed E-state index contributed by atoms with van der Waals surface area (Å²) in [4.78, 5) is 5.95. The van der Waals surface area contributed by atoms with Gasteiger partial charge >= 0.3 is 0 Å².